The van der Waals surface area contributed by atoms with Crippen molar-refractivity contribution in [3.8, 4) is 0 Å². The number of rotatable bonds is 3. The lowest BCUT2D eigenvalue weighted by molar-refractivity contribution is 0.659. The molecule has 0 radical (unpaired) electrons. The van der Waals surface area contributed by atoms with Gasteiger partial charge >= 0.3 is 0 Å². The molecule has 1 heterocycles. The summed E-state index contributed by atoms with van der Waals surface area (Å²) in [6.45, 7) is 1.18. The Morgan fingerprint density at radius 1 is 1.31 bits per heavy atom. The van der Waals surface area contributed by atoms with Gasteiger partial charge in [0.2, 0.25) is 0 Å². The summed E-state index contributed by atoms with van der Waals surface area (Å²) in [7, 11) is 0. The molecule has 1 aromatic carbocycles. The zero-order valence-corrected chi connectivity index (χ0v) is 8.52. The Morgan fingerprint density at radius 2 is 2.15 bits per heavy atom. The molecule has 0 bridgehead atoms. The van der Waals surface area contributed by atoms with E-state index in [-0.39, 0.29) is 0 Å². The largest absolute Gasteiger partial charge is 0.305 e. The van der Waals surface area contributed by atoms with Gasteiger partial charge in [-0.05, 0) is 18.4 Å². The van der Waals surface area contributed by atoms with E-state index < -0.39 is 0 Å². The molecular weight excluding hydrogens is 178 g/mol. The number of benzene rings is 1. The quantitative estimate of drug-likeness (QED) is 0.790. The van der Waals surface area contributed by atoms with Crippen LogP contribution in [0.25, 0.3) is 0 Å². The van der Waals surface area contributed by atoms with Gasteiger partial charge in [-0.15, -0.1) is 11.8 Å². The van der Waals surface area contributed by atoms with Crippen molar-refractivity contribution in [2.24, 2.45) is 0 Å². The maximum Gasteiger partial charge on any atom is 0.0536 e. The van der Waals surface area contributed by atoms with Crippen LogP contribution in [-0.2, 0) is 6.42 Å². The molecule has 0 saturated carbocycles. The van der Waals surface area contributed by atoms with Gasteiger partial charge in [-0.2, -0.15) is 0 Å². The summed E-state index contributed by atoms with van der Waals surface area (Å²) in [6, 6.07) is 10.7. The zero-order chi connectivity index (χ0) is 8.93. The van der Waals surface area contributed by atoms with Crippen molar-refractivity contribution in [1.82, 2.24) is 5.32 Å². The average molecular weight is 193 g/mol. The Balaban J connectivity index is 1.79. The predicted molar refractivity (Wildman–Crippen MR) is 59.0 cm³/mol. The third-order valence-corrected chi connectivity index (χ3v) is 3.58. The highest BCUT2D eigenvalue weighted by molar-refractivity contribution is 8.00. The molecule has 1 nitrogen and oxygen atoms in total. The van der Waals surface area contributed by atoms with Crippen molar-refractivity contribution in [2.45, 2.75) is 18.2 Å². The summed E-state index contributed by atoms with van der Waals surface area (Å²) < 4.78 is 0. The Labute approximate surface area is 83.9 Å². The van der Waals surface area contributed by atoms with Crippen molar-refractivity contribution in [3.63, 3.8) is 0 Å². The average Bonchev–Trinajstić information content (AvgIpc) is 2.69. The summed E-state index contributed by atoms with van der Waals surface area (Å²) in [5, 5.41) is 4.18. The van der Waals surface area contributed by atoms with E-state index in [0.29, 0.717) is 5.37 Å². The van der Waals surface area contributed by atoms with Crippen molar-refractivity contribution in [2.75, 3.05) is 12.3 Å². The standard InChI is InChI=1S/C11H15NS/c1-2-4-10(5-3-1)6-7-11-12-8-9-13-11/h1-5,11-12H,6-9H2. The van der Waals surface area contributed by atoms with Crippen molar-refractivity contribution < 1.29 is 0 Å². The van der Waals surface area contributed by atoms with E-state index in [2.05, 4.69) is 47.4 Å². The van der Waals surface area contributed by atoms with Crippen molar-refractivity contribution >= 4 is 11.8 Å². The minimum absolute atomic E-state index is 0.695. The fourth-order valence-corrected chi connectivity index (χ4v) is 2.65. The van der Waals surface area contributed by atoms with Gasteiger partial charge in [0.05, 0.1) is 5.37 Å². The first kappa shape index (κ1) is 9.10. The van der Waals surface area contributed by atoms with Gasteiger partial charge < -0.3 is 5.32 Å². The van der Waals surface area contributed by atoms with E-state index in [0.717, 1.165) is 0 Å². The van der Waals surface area contributed by atoms with Crippen LogP contribution in [0.3, 0.4) is 0 Å². The van der Waals surface area contributed by atoms with Crippen LogP contribution in [0.2, 0.25) is 0 Å². The number of hydrogen-bond acceptors (Lipinski definition) is 2. The minimum atomic E-state index is 0.695. The first-order valence-corrected chi connectivity index (χ1v) is 5.89. The minimum Gasteiger partial charge on any atom is -0.305 e. The molecular formula is C11H15NS. The molecule has 0 amide bonds. The zero-order valence-electron chi connectivity index (χ0n) is 7.70. The second-order valence-electron chi connectivity index (χ2n) is 3.34. The second kappa shape index (κ2) is 4.68. The fourth-order valence-electron chi connectivity index (χ4n) is 1.61. The van der Waals surface area contributed by atoms with Crippen LogP contribution in [0, 0.1) is 0 Å². The third-order valence-electron chi connectivity index (χ3n) is 2.33. The Bertz CT molecular complexity index is 242. The van der Waals surface area contributed by atoms with Gasteiger partial charge in [0, 0.05) is 12.3 Å². The summed E-state index contributed by atoms with van der Waals surface area (Å²) in [4.78, 5) is 0. The van der Waals surface area contributed by atoms with E-state index >= 15 is 0 Å². The predicted octanol–water partition coefficient (Wildman–Crippen LogP) is 2.28. The topological polar surface area (TPSA) is 12.0 Å². The molecule has 2 rings (SSSR count). The van der Waals surface area contributed by atoms with E-state index in [1.54, 1.807) is 0 Å². The molecule has 1 fully saturated rings. The van der Waals surface area contributed by atoms with E-state index in [1.165, 1.54) is 30.7 Å². The normalized spacial score (nSPS) is 22.0. The van der Waals surface area contributed by atoms with Crippen LogP contribution in [0.15, 0.2) is 30.3 Å². The lowest BCUT2D eigenvalue weighted by Gasteiger charge is -2.08. The fraction of sp³-hybridized carbons (Fsp3) is 0.455. The summed E-state index contributed by atoms with van der Waals surface area (Å²) in [6.07, 6.45) is 2.46. The number of hydrogen-bond donors (Lipinski definition) is 1. The molecule has 0 aliphatic carbocycles. The van der Waals surface area contributed by atoms with Gasteiger partial charge in [0.1, 0.15) is 0 Å². The molecule has 0 spiro atoms. The molecule has 1 unspecified atom stereocenters. The number of aryl methyl sites for hydroxylation is 1. The first-order chi connectivity index (χ1) is 6.45. The smallest absolute Gasteiger partial charge is 0.0536 e. The summed E-state index contributed by atoms with van der Waals surface area (Å²) >= 11 is 2.05. The molecule has 1 saturated heterocycles. The Kier molecular flexibility index (Phi) is 3.27. The van der Waals surface area contributed by atoms with Gasteiger partial charge in [0.15, 0.2) is 0 Å². The first-order valence-electron chi connectivity index (χ1n) is 4.84. The summed E-state index contributed by atoms with van der Waals surface area (Å²) in [5.74, 6) is 1.28. The second-order valence-corrected chi connectivity index (χ2v) is 4.65. The van der Waals surface area contributed by atoms with E-state index in [4.69, 9.17) is 0 Å². The molecule has 0 aromatic heterocycles. The Hall–Kier alpha value is -0.470. The van der Waals surface area contributed by atoms with E-state index in [1.807, 2.05) is 0 Å². The lowest BCUT2D eigenvalue weighted by Crippen LogP contribution is -2.19. The molecule has 1 aliphatic rings. The lowest BCUT2D eigenvalue weighted by atomic mass is 10.1. The van der Waals surface area contributed by atoms with Crippen LogP contribution in [0.4, 0.5) is 0 Å². The number of nitrogens with one attached hydrogen (secondary N) is 1. The van der Waals surface area contributed by atoms with Crippen molar-refractivity contribution in [1.29, 1.82) is 0 Å². The molecule has 2 heteroatoms. The van der Waals surface area contributed by atoms with Gasteiger partial charge in [-0.3, -0.25) is 0 Å². The van der Waals surface area contributed by atoms with Crippen LogP contribution in [-0.4, -0.2) is 17.7 Å². The van der Waals surface area contributed by atoms with Crippen LogP contribution in [0.1, 0.15) is 12.0 Å². The summed E-state index contributed by atoms with van der Waals surface area (Å²) in [5.41, 5.74) is 1.46. The molecule has 1 N–H and O–H groups in total. The monoisotopic (exact) mass is 193 g/mol. The van der Waals surface area contributed by atoms with Gasteiger partial charge in [-0.1, -0.05) is 30.3 Å². The van der Waals surface area contributed by atoms with Crippen molar-refractivity contribution in [3.05, 3.63) is 35.9 Å². The molecule has 1 aliphatic heterocycles. The molecule has 13 heavy (non-hydrogen) atoms. The maximum absolute atomic E-state index is 3.49. The molecule has 1 aromatic rings. The highest BCUT2D eigenvalue weighted by Gasteiger charge is 2.13. The third kappa shape index (κ3) is 2.75. The number of thioether (sulfide) groups is 1. The van der Waals surface area contributed by atoms with Crippen LogP contribution >= 0.6 is 11.8 Å². The highest BCUT2D eigenvalue weighted by atomic mass is 32.2. The van der Waals surface area contributed by atoms with E-state index in [9.17, 15) is 0 Å². The van der Waals surface area contributed by atoms with Crippen LogP contribution in [0.5, 0.6) is 0 Å². The SMILES string of the molecule is c1ccc(CCC2NCCS2)cc1. The molecule has 70 valence electrons. The molecule has 1 atom stereocenters. The van der Waals surface area contributed by atoms with Gasteiger partial charge in [-0.25, -0.2) is 0 Å². The Morgan fingerprint density at radius 3 is 2.85 bits per heavy atom. The highest BCUT2D eigenvalue weighted by Crippen LogP contribution is 2.18. The van der Waals surface area contributed by atoms with Crippen LogP contribution < -0.4 is 5.32 Å². The maximum atomic E-state index is 3.49. The van der Waals surface area contributed by atoms with Gasteiger partial charge in [0.25, 0.3) is 0 Å².